The van der Waals surface area contributed by atoms with Crippen molar-refractivity contribution in [3.8, 4) is 0 Å². The molecule has 1 amide bonds. The average molecular weight is 496 g/mol. The molecule has 0 radical (unpaired) electrons. The van der Waals surface area contributed by atoms with Gasteiger partial charge in [0.2, 0.25) is 0 Å². The van der Waals surface area contributed by atoms with Gasteiger partial charge in [-0.25, -0.2) is 19.0 Å². The normalized spacial score (nSPS) is 13.9. The van der Waals surface area contributed by atoms with Crippen molar-refractivity contribution >= 4 is 39.2 Å². The second kappa shape index (κ2) is 9.85. The number of benzene rings is 3. The van der Waals surface area contributed by atoms with E-state index in [1.54, 1.807) is 17.2 Å². The van der Waals surface area contributed by atoms with Gasteiger partial charge in [0.25, 0.3) is 5.91 Å². The van der Waals surface area contributed by atoms with Crippen LogP contribution < -0.4 is 15.1 Å². The van der Waals surface area contributed by atoms with Crippen molar-refractivity contribution in [2.24, 2.45) is 0 Å². The summed E-state index contributed by atoms with van der Waals surface area (Å²) in [5.74, 6) is 0.516. The molecule has 186 valence electrons. The zero-order chi connectivity index (χ0) is 25.2. The Hall–Kier alpha value is -4.53. The Morgan fingerprint density at radius 1 is 0.892 bits per heavy atom. The number of carbonyl (C=O) groups is 1. The lowest BCUT2D eigenvalue weighted by atomic mass is 10.1. The third kappa shape index (κ3) is 4.67. The van der Waals surface area contributed by atoms with Crippen molar-refractivity contribution in [1.82, 2.24) is 25.1 Å². The van der Waals surface area contributed by atoms with Gasteiger partial charge in [-0.15, -0.1) is 0 Å². The van der Waals surface area contributed by atoms with Crippen LogP contribution in [-0.4, -0.2) is 58.4 Å². The molecule has 1 fully saturated rings. The minimum atomic E-state index is -0.226. The highest BCUT2D eigenvalue weighted by molar-refractivity contribution is 5.98. The number of rotatable bonds is 6. The molecule has 3 aromatic carbocycles. The van der Waals surface area contributed by atoms with Gasteiger partial charge in [0.15, 0.2) is 5.65 Å². The van der Waals surface area contributed by atoms with Gasteiger partial charge in [0.05, 0.1) is 18.1 Å². The third-order valence-electron chi connectivity index (χ3n) is 6.80. The number of anilines is 2. The SMILES string of the molecule is O=C(NCCn1ncc2c(N3CCN(c4ccc(F)cc4)CC3)ncnc21)c1ccc2ccccc2c1. The van der Waals surface area contributed by atoms with E-state index in [-0.39, 0.29) is 11.7 Å². The molecule has 37 heavy (non-hydrogen) atoms. The Balaban J connectivity index is 1.10. The molecule has 8 nitrogen and oxygen atoms in total. The third-order valence-corrected chi connectivity index (χ3v) is 6.80. The van der Waals surface area contributed by atoms with Crippen LogP contribution in [0.4, 0.5) is 15.9 Å². The zero-order valence-electron chi connectivity index (χ0n) is 20.2. The van der Waals surface area contributed by atoms with E-state index in [4.69, 9.17) is 0 Å². The van der Waals surface area contributed by atoms with Crippen molar-refractivity contribution in [2.75, 3.05) is 42.5 Å². The van der Waals surface area contributed by atoms with Gasteiger partial charge in [-0.2, -0.15) is 5.10 Å². The summed E-state index contributed by atoms with van der Waals surface area (Å²) in [5.41, 5.74) is 2.40. The van der Waals surface area contributed by atoms with Crippen LogP contribution >= 0.6 is 0 Å². The lowest BCUT2D eigenvalue weighted by molar-refractivity contribution is 0.0952. The van der Waals surface area contributed by atoms with E-state index in [1.807, 2.05) is 54.6 Å². The van der Waals surface area contributed by atoms with E-state index in [0.717, 1.165) is 59.5 Å². The quantitative estimate of drug-likeness (QED) is 0.385. The summed E-state index contributed by atoms with van der Waals surface area (Å²) < 4.78 is 15.1. The molecule has 6 rings (SSSR count). The van der Waals surface area contributed by atoms with Crippen LogP contribution in [0.25, 0.3) is 21.8 Å². The van der Waals surface area contributed by atoms with Gasteiger partial charge in [0.1, 0.15) is 18.0 Å². The van der Waals surface area contributed by atoms with Gasteiger partial charge < -0.3 is 15.1 Å². The van der Waals surface area contributed by atoms with Crippen molar-refractivity contribution in [3.05, 3.63) is 90.6 Å². The van der Waals surface area contributed by atoms with E-state index in [0.29, 0.717) is 18.7 Å². The summed E-state index contributed by atoms with van der Waals surface area (Å²) in [7, 11) is 0. The second-order valence-corrected chi connectivity index (χ2v) is 9.07. The second-order valence-electron chi connectivity index (χ2n) is 9.07. The summed E-state index contributed by atoms with van der Waals surface area (Å²) in [4.78, 5) is 26.2. The molecule has 0 spiro atoms. The van der Waals surface area contributed by atoms with Crippen molar-refractivity contribution in [3.63, 3.8) is 0 Å². The van der Waals surface area contributed by atoms with E-state index in [2.05, 4.69) is 30.2 Å². The lowest BCUT2D eigenvalue weighted by Crippen LogP contribution is -2.46. The lowest BCUT2D eigenvalue weighted by Gasteiger charge is -2.36. The summed E-state index contributed by atoms with van der Waals surface area (Å²) >= 11 is 0. The summed E-state index contributed by atoms with van der Waals surface area (Å²) in [5, 5.41) is 10.5. The van der Waals surface area contributed by atoms with Crippen LogP contribution in [0.3, 0.4) is 0 Å². The molecule has 0 unspecified atom stereocenters. The molecule has 1 aliphatic rings. The monoisotopic (exact) mass is 495 g/mol. The Bertz CT molecular complexity index is 1560. The fourth-order valence-corrected chi connectivity index (χ4v) is 4.83. The number of aromatic nitrogens is 4. The standard InChI is InChI=1S/C28H26FN7O/c29-23-7-9-24(10-8-23)34-13-15-35(16-14-34)26-25-18-33-36(27(25)32-19-31-26)12-11-30-28(37)22-6-5-20-3-1-2-4-21(20)17-22/h1-10,17-19H,11-16H2,(H,30,37). The largest absolute Gasteiger partial charge is 0.368 e. The van der Waals surface area contributed by atoms with Gasteiger partial charge in [0, 0.05) is 44.0 Å². The topological polar surface area (TPSA) is 79.2 Å². The van der Waals surface area contributed by atoms with E-state index < -0.39 is 0 Å². The molecule has 0 saturated carbocycles. The first-order valence-corrected chi connectivity index (χ1v) is 12.3. The number of piperazine rings is 1. The predicted molar refractivity (Wildman–Crippen MR) is 142 cm³/mol. The van der Waals surface area contributed by atoms with Crippen LogP contribution in [0.1, 0.15) is 10.4 Å². The molecule has 0 atom stereocenters. The molecule has 1 N–H and O–H groups in total. The fraction of sp³-hybridized carbons (Fsp3) is 0.214. The van der Waals surface area contributed by atoms with Crippen LogP contribution in [0.5, 0.6) is 0 Å². The molecule has 2 aromatic heterocycles. The summed E-state index contributed by atoms with van der Waals surface area (Å²) in [6.07, 6.45) is 3.36. The Labute approximate surface area is 213 Å². The van der Waals surface area contributed by atoms with E-state index in [1.165, 1.54) is 12.1 Å². The molecule has 0 aliphatic carbocycles. The fourth-order valence-electron chi connectivity index (χ4n) is 4.83. The molecular weight excluding hydrogens is 469 g/mol. The van der Waals surface area contributed by atoms with Crippen LogP contribution in [0.15, 0.2) is 79.3 Å². The summed E-state index contributed by atoms with van der Waals surface area (Å²) in [6, 6.07) is 20.3. The first kappa shape index (κ1) is 22.9. The number of halogens is 1. The van der Waals surface area contributed by atoms with Gasteiger partial charge in [-0.3, -0.25) is 4.79 Å². The maximum absolute atomic E-state index is 13.3. The van der Waals surface area contributed by atoms with Crippen molar-refractivity contribution in [2.45, 2.75) is 6.54 Å². The van der Waals surface area contributed by atoms with Crippen molar-refractivity contribution in [1.29, 1.82) is 0 Å². The number of amides is 1. The minimum absolute atomic E-state index is 0.114. The molecule has 9 heteroatoms. The van der Waals surface area contributed by atoms with Gasteiger partial charge >= 0.3 is 0 Å². The maximum Gasteiger partial charge on any atom is 0.251 e. The molecule has 0 bridgehead atoms. The number of hydrogen-bond donors (Lipinski definition) is 1. The molecule has 5 aromatic rings. The molecule has 1 saturated heterocycles. The first-order valence-electron chi connectivity index (χ1n) is 12.3. The average Bonchev–Trinajstić information content (AvgIpc) is 3.36. The highest BCUT2D eigenvalue weighted by atomic mass is 19.1. The predicted octanol–water partition coefficient (Wildman–Crippen LogP) is 3.88. The van der Waals surface area contributed by atoms with Crippen LogP contribution in [-0.2, 0) is 6.54 Å². The summed E-state index contributed by atoms with van der Waals surface area (Å²) in [6.45, 7) is 4.13. The highest BCUT2D eigenvalue weighted by Gasteiger charge is 2.21. The minimum Gasteiger partial charge on any atom is -0.368 e. The Morgan fingerprint density at radius 3 is 2.46 bits per heavy atom. The smallest absolute Gasteiger partial charge is 0.251 e. The first-order chi connectivity index (χ1) is 18.2. The molecular formula is C28H26FN7O. The van der Waals surface area contributed by atoms with Gasteiger partial charge in [-0.1, -0.05) is 30.3 Å². The highest BCUT2D eigenvalue weighted by Crippen LogP contribution is 2.25. The number of nitrogens with zero attached hydrogens (tertiary/aromatic N) is 6. The van der Waals surface area contributed by atoms with Crippen LogP contribution in [0, 0.1) is 5.82 Å². The molecule has 1 aliphatic heterocycles. The zero-order valence-corrected chi connectivity index (χ0v) is 20.2. The number of carbonyl (C=O) groups excluding carboxylic acids is 1. The van der Waals surface area contributed by atoms with E-state index >= 15 is 0 Å². The molecule has 3 heterocycles. The number of fused-ring (bicyclic) bond motifs is 2. The van der Waals surface area contributed by atoms with Crippen LogP contribution in [0.2, 0.25) is 0 Å². The number of hydrogen-bond acceptors (Lipinski definition) is 6. The number of nitrogens with one attached hydrogen (secondary N) is 1. The maximum atomic E-state index is 13.3. The van der Waals surface area contributed by atoms with Gasteiger partial charge in [-0.05, 0) is 47.2 Å². The Morgan fingerprint density at radius 2 is 1.65 bits per heavy atom. The Kier molecular flexibility index (Phi) is 6.10. The van der Waals surface area contributed by atoms with Crippen molar-refractivity contribution < 1.29 is 9.18 Å². The van der Waals surface area contributed by atoms with E-state index in [9.17, 15) is 9.18 Å².